The topological polar surface area (TPSA) is 61.3 Å². The van der Waals surface area contributed by atoms with Crippen molar-refractivity contribution in [2.45, 2.75) is 0 Å². The molecule has 0 saturated carbocycles. The molecule has 0 amide bonds. The Balaban J connectivity index is 1.52. The molecule has 3 heterocycles. The fourth-order valence-electron chi connectivity index (χ4n) is 3.10. The van der Waals surface area contributed by atoms with E-state index >= 15 is 0 Å². The fraction of sp³-hybridized carbons (Fsp3) is 0.333. The molecule has 1 aliphatic heterocycles. The lowest BCUT2D eigenvalue weighted by Crippen LogP contribution is -2.47. The van der Waals surface area contributed by atoms with Crippen LogP contribution >= 0.6 is 0 Å². The Hall–Kier alpha value is -2.96. The third-order valence-corrected chi connectivity index (χ3v) is 4.47. The monoisotopic (exact) mass is 335 g/mol. The van der Waals surface area contributed by atoms with Gasteiger partial charge in [-0.1, -0.05) is 12.1 Å². The van der Waals surface area contributed by atoms with Gasteiger partial charge < -0.3 is 14.7 Å². The average molecular weight is 335 g/mol. The average Bonchev–Trinajstić information content (AvgIpc) is 2.68. The molecule has 0 atom stereocenters. The van der Waals surface area contributed by atoms with E-state index in [1.165, 1.54) is 0 Å². The van der Waals surface area contributed by atoms with Crippen molar-refractivity contribution in [2.24, 2.45) is 0 Å². The van der Waals surface area contributed by atoms with Gasteiger partial charge in [-0.25, -0.2) is 15.0 Å². The van der Waals surface area contributed by atoms with Crippen LogP contribution in [0, 0.1) is 0 Å². The summed E-state index contributed by atoms with van der Waals surface area (Å²) in [5.41, 5.74) is 0.983. The molecule has 0 bridgehead atoms. The van der Waals surface area contributed by atoms with Gasteiger partial charge in [-0.2, -0.15) is 4.98 Å². The van der Waals surface area contributed by atoms with E-state index in [1.807, 2.05) is 49.5 Å². The van der Waals surface area contributed by atoms with Gasteiger partial charge in [0.1, 0.15) is 18.0 Å². The van der Waals surface area contributed by atoms with E-state index in [0.717, 1.165) is 54.7 Å². The highest BCUT2D eigenvalue weighted by Crippen LogP contribution is 2.24. The maximum absolute atomic E-state index is 4.64. The number of para-hydroxylation sites is 1. The maximum Gasteiger partial charge on any atom is 0.227 e. The van der Waals surface area contributed by atoms with Crippen LogP contribution in [0.2, 0.25) is 0 Å². The highest BCUT2D eigenvalue weighted by molar-refractivity contribution is 5.89. The molecular weight excluding hydrogens is 314 g/mol. The molecule has 3 aromatic rings. The first-order valence-corrected chi connectivity index (χ1v) is 8.42. The minimum absolute atomic E-state index is 0.790. The maximum atomic E-state index is 4.64. The van der Waals surface area contributed by atoms with Crippen molar-refractivity contribution >= 4 is 28.5 Å². The highest BCUT2D eigenvalue weighted by atomic mass is 15.3. The van der Waals surface area contributed by atoms with Gasteiger partial charge in [0, 0.05) is 51.9 Å². The Morgan fingerprint density at radius 3 is 2.44 bits per heavy atom. The molecule has 25 heavy (non-hydrogen) atoms. The zero-order valence-corrected chi connectivity index (χ0v) is 14.5. The van der Waals surface area contributed by atoms with Gasteiger partial charge >= 0.3 is 0 Å². The van der Waals surface area contributed by atoms with Crippen LogP contribution in [0.25, 0.3) is 10.9 Å². The van der Waals surface area contributed by atoms with Gasteiger partial charge in [-0.15, -0.1) is 0 Å². The Kier molecular flexibility index (Phi) is 4.05. The van der Waals surface area contributed by atoms with Crippen LogP contribution in [0.3, 0.4) is 0 Å². The van der Waals surface area contributed by atoms with Gasteiger partial charge in [-0.3, -0.25) is 0 Å². The number of hydrogen-bond acceptors (Lipinski definition) is 7. The molecule has 1 aliphatic rings. The van der Waals surface area contributed by atoms with Crippen molar-refractivity contribution in [3.63, 3.8) is 0 Å². The first kappa shape index (κ1) is 15.6. The van der Waals surface area contributed by atoms with Crippen molar-refractivity contribution < 1.29 is 0 Å². The minimum Gasteiger partial charge on any atom is -0.363 e. The van der Waals surface area contributed by atoms with E-state index in [4.69, 9.17) is 0 Å². The summed E-state index contributed by atoms with van der Waals surface area (Å²) in [5, 5.41) is 1.10. The Labute approximate surface area is 147 Å². The number of anilines is 3. The number of benzene rings is 1. The number of hydrogen-bond donors (Lipinski definition) is 0. The van der Waals surface area contributed by atoms with Crippen LogP contribution in [0.5, 0.6) is 0 Å². The smallest absolute Gasteiger partial charge is 0.227 e. The van der Waals surface area contributed by atoms with Crippen LogP contribution in [-0.2, 0) is 0 Å². The van der Waals surface area contributed by atoms with Crippen molar-refractivity contribution in [2.75, 3.05) is 55.0 Å². The molecule has 0 N–H and O–H groups in total. The standard InChI is InChI=1S/C18H21N7/c1-23(2)16-7-8-19-18(22-16)25-11-9-24(10-12-25)17-14-5-3-4-6-15(14)20-13-21-17/h3-8,13H,9-12H2,1-2H3. The fourth-order valence-corrected chi connectivity index (χ4v) is 3.10. The molecule has 0 radical (unpaired) electrons. The van der Waals surface area contributed by atoms with Crippen LogP contribution < -0.4 is 14.7 Å². The van der Waals surface area contributed by atoms with E-state index < -0.39 is 0 Å². The third-order valence-electron chi connectivity index (χ3n) is 4.47. The quantitative estimate of drug-likeness (QED) is 0.723. The number of piperazine rings is 1. The first-order chi connectivity index (χ1) is 12.2. The number of nitrogens with zero attached hydrogens (tertiary/aromatic N) is 7. The third kappa shape index (κ3) is 3.05. The van der Waals surface area contributed by atoms with Gasteiger partial charge in [0.25, 0.3) is 0 Å². The number of rotatable bonds is 3. The zero-order valence-electron chi connectivity index (χ0n) is 14.5. The molecule has 7 nitrogen and oxygen atoms in total. The summed E-state index contributed by atoms with van der Waals surface area (Å²) in [6.07, 6.45) is 3.47. The van der Waals surface area contributed by atoms with Crippen LogP contribution in [0.1, 0.15) is 0 Å². The summed E-state index contributed by atoms with van der Waals surface area (Å²) in [6, 6.07) is 10.1. The summed E-state index contributed by atoms with van der Waals surface area (Å²) in [4.78, 5) is 24.5. The van der Waals surface area contributed by atoms with Crippen LogP contribution in [-0.4, -0.2) is 60.2 Å². The van der Waals surface area contributed by atoms with Gasteiger partial charge in [-0.05, 0) is 18.2 Å². The van der Waals surface area contributed by atoms with Crippen LogP contribution in [0.15, 0.2) is 42.9 Å². The second-order valence-corrected chi connectivity index (χ2v) is 6.30. The normalized spacial score (nSPS) is 14.8. The minimum atomic E-state index is 0.790. The lowest BCUT2D eigenvalue weighted by molar-refractivity contribution is 0.635. The Morgan fingerprint density at radius 1 is 0.880 bits per heavy atom. The van der Waals surface area contributed by atoms with Gasteiger partial charge in [0.2, 0.25) is 5.95 Å². The lowest BCUT2D eigenvalue weighted by atomic mass is 10.2. The summed E-state index contributed by atoms with van der Waals surface area (Å²) in [5.74, 6) is 2.72. The largest absolute Gasteiger partial charge is 0.363 e. The molecule has 128 valence electrons. The van der Waals surface area contributed by atoms with Crippen molar-refractivity contribution in [3.8, 4) is 0 Å². The summed E-state index contributed by atoms with van der Waals surface area (Å²) >= 11 is 0. The van der Waals surface area contributed by atoms with Crippen molar-refractivity contribution in [1.82, 2.24) is 19.9 Å². The van der Waals surface area contributed by atoms with E-state index in [9.17, 15) is 0 Å². The molecule has 1 saturated heterocycles. The molecule has 1 aromatic carbocycles. The van der Waals surface area contributed by atoms with E-state index in [0.29, 0.717) is 0 Å². The zero-order chi connectivity index (χ0) is 17.2. The molecular formula is C18H21N7. The molecule has 2 aromatic heterocycles. The molecule has 0 aliphatic carbocycles. The summed E-state index contributed by atoms with van der Waals surface area (Å²) in [6.45, 7) is 3.51. The molecule has 0 unspecified atom stereocenters. The second kappa shape index (κ2) is 6.51. The Morgan fingerprint density at radius 2 is 1.64 bits per heavy atom. The molecule has 4 rings (SSSR count). The van der Waals surface area contributed by atoms with Crippen molar-refractivity contribution in [3.05, 3.63) is 42.9 Å². The van der Waals surface area contributed by atoms with Crippen LogP contribution in [0.4, 0.5) is 17.6 Å². The SMILES string of the molecule is CN(C)c1ccnc(N2CCN(c3ncnc4ccccc34)CC2)n1. The van der Waals surface area contributed by atoms with E-state index in [2.05, 4.69) is 35.8 Å². The van der Waals surface area contributed by atoms with Gasteiger partial charge in [0.15, 0.2) is 0 Å². The highest BCUT2D eigenvalue weighted by Gasteiger charge is 2.21. The predicted octanol–water partition coefficient (Wildman–Crippen LogP) is 1.81. The Bertz CT molecular complexity index is 867. The lowest BCUT2D eigenvalue weighted by Gasteiger charge is -2.35. The number of fused-ring (bicyclic) bond motifs is 1. The molecule has 0 spiro atoms. The first-order valence-electron chi connectivity index (χ1n) is 8.42. The molecule has 1 fully saturated rings. The van der Waals surface area contributed by atoms with E-state index in [1.54, 1.807) is 6.33 Å². The summed E-state index contributed by atoms with van der Waals surface area (Å²) in [7, 11) is 3.98. The molecule has 7 heteroatoms. The predicted molar refractivity (Wildman–Crippen MR) is 100 cm³/mol. The number of aromatic nitrogens is 4. The summed E-state index contributed by atoms with van der Waals surface area (Å²) < 4.78 is 0. The second-order valence-electron chi connectivity index (χ2n) is 6.30. The van der Waals surface area contributed by atoms with E-state index in [-0.39, 0.29) is 0 Å². The van der Waals surface area contributed by atoms with Gasteiger partial charge in [0.05, 0.1) is 5.52 Å². The van der Waals surface area contributed by atoms with Crippen molar-refractivity contribution in [1.29, 1.82) is 0 Å².